The number of benzene rings is 7. The van der Waals surface area contributed by atoms with E-state index in [0.29, 0.717) is 67.2 Å². The van der Waals surface area contributed by atoms with Crippen molar-refractivity contribution < 1.29 is 39.9 Å². The van der Waals surface area contributed by atoms with Crippen molar-refractivity contribution in [2.24, 2.45) is 0 Å². The quantitative estimate of drug-likeness (QED) is 0.162. The molecule has 0 saturated heterocycles. The summed E-state index contributed by atoms with van der Waals surface area (Å²) >= 11 is 0. The number of aromatic hydroxyl groups is 1. The van der Waals surface area contributed by atoms with Crippen molar-refractivity contribution in [3.8, 4) is 78.6 Å². The zero-order valence-electron chi connectivity index (χ0n) is 52.7. The third-order valence-corrected chi connectivity index (χ3v) is 13.2. The first-order chi connectivity index (χ1) is 37.0. The van der Waals surface area contributed by atoms with E-state index in [4.69, 9.17) is 23.7 Å². The van der Waals surface area contributed by atoms with Crippen LogP contribution in [0.4, 0.5) is 0 Å². The number of nitrogens with zero attached hydrogens (tertiary/aromatic N) is 3. The fourth-order valence-electron chi connectivity index (χ4n) is 9.04. The first-order valence-electron chi connectivity index (χ1n) is 29.0. The molecular formula is C66H68N3OPt-. The second-order valence-corrected chi connectivity index (χ2v) is 22.6. The smallest absolute Gasteiger partial charge is 0.148 e. The van der Waals surface area contributed by atoms with Crippen LogP contribution in [-0.2, 0) is 42.7 Å². The van der Waals surface area contributed by atoms with Gasteiger partial charge >= 0.3 is 0 Å². The largest absolute Gasteiger partial charge is 0.507 e. The van der Waals surface area contributed by atoms with Crippen LogP contribution in [0.1, 0.15) is 130 Å². The number of pyridine rings is 1. The molecule has 9 aromatic rings. The van der Waals surface area contributed by atoms with Gasteiger partial charge in [0.15, 0.2) is 0 Å². The van der Waals surface area contributed by atoms with Crippen LogP contribution in [0.15, 0.2) is 152 Å². The Morgan fingerprint density at radius 1 is 0.535 bits per heavy atom. The molecule has 364 valence electrons. The topological polar surface area (TPSA) is 50.9 Å². The van der Waals surface area contributed by atoms with Gasteiger partial charge in [-0.25, -0.2) is 4.98 Å². The van der Waals surface area contributed by atoms with E-state index >= 15 is 0 Å². The van der Waals surface area contributed by atoms with Crippen LogP contribution >= 0.6 is 0 Å². The zero-order valence-corrected chi connectivity index (χ0v) is 45.0. The molecule has 0 aliphatic rings. The predicted molar refractivity (Wildman–Crippen MR) is 296 cm³/mol. The summed E-state index contributed by atoms with van der Waals surface area (Å²) in [5.74, 6) is 0.507. The maximum absolute atomic E-state index is 12.8. The molecule has 1 N–H and O–H groups in total. The molecule has 2 heterocycles. The van der Waals surface area contributed by atoms with Gasteiger partial charge in [-0.05, 0) is 110 Å². The zero-order chi connectivity index (χ0) is 58.6. The maximum Gasteiger partial charge on any atom is 0.148 e. The fraction of sp³-hybridized carbons (Fsp3) is 0.273. The Hall–Kier alpha value is -6.35. The van der Waals surface area contributed by atoms with Gasteiger partial charge in [0.05, 0.1) is 27.8 Å². The molecule has 0 radical (unpaired) electrons. The normalized spacial score (nSPS) is 14.7. The van der Waals surface area contributed by atoms with E-state index in [1.807, 2.05) is 78.9 Å². The number of rotatable bonds is 7. The van der Waals surface area contributed by atoms with E-state index in [0.717, 1.165) is 33.4 Å². The second-order valence-electron chi connectivity index (χ2n) is 22.6. The molecule has 0 saturated carbocycles. The van der Waals surface area contributed by atoms with Gasteiger partial charge < -0.3 is 5.11 Å². The van der Waals surface area contributed by atoms with Gasteiger partial charge in [-0.15, -0.1) is 29.3 Å². The van der Waals surface area contributed by atoms with Gasteiger partial charge in [-0.1, -0.05) is 203 Å². The van der Waals surface area contributed by atoms with Crippen LogP contribution in [0.25, 0.3) is 83.9 Å². The Morgan fingerprint density at radius 2 is 1.18 bits per heavy atom. The van der Waals surface area contributed by atoms with Crippen molar-refractivity contribution in [1.29, 1.82) is 0 Å². The molecule has 0 aliphatic heterocycles. The van der Waals surface area contributed by atoms with E-state index in [2.05, 4.69) is 118 Å². The number of hydrogen-bond acceptors (Lipinski definition) is 3. The predicted octanol–water partition coefficient (Wildman–Crippen LogP) is 17.7. The fourth-order valence-corrected chi connectivity index (χ4v) is 9.04. The third kappa shape index (κ3) is 10.2. The molecule has 71 heavy (non-hydrogen) atoms. The van der Waals surface area contributed by atoms with Crippen molar-refractivity contribution in [3.05, 3.63) is 191 Å². The average molecular weight is 1120 g/mol. The Morgan fingerprint density at radius 3 is 1.82 bits per heavy atom. The van der Waals surface area contributed by atoms with Gasteiger partial charge in [0, 0.05) is 52.3 Å². The SMILES string of the molecule is [2H]c1c([2H])c(C([2H])([2H])[2H])c([2H])c([2H])c1-c1ccnc(-c2[c-]c(-c3cccc4c3nc(-c3cc(C(C)(C)C)cc(C(C)(C)C)c3O)n4-c3cc(-c4ccccc4)c(C([2H])([2H])[2H])cc3-c3ccc(C(C)(C)C)cc3)cc(C(C)(C)C)c2)c1.[Pt]. The maximum atomic E-state index is 12.8. The Labute approximate surface area is 451 Å². The Bertz CT molecular complexity index is 3860. The van der Waals surface area contributed by atoms with Gasteiger partial charge in [0.2, 0.25) is 0 Å². The number of aromatic nitrogens is 3. The van der Waals surface area contributed by atoms with Gasteiger partial charge in [0.25, 0.3) is 0 Å². The molecule has 4 nitrogen and oxygen atoms in total. The number of hydrogen-bond donors (Lipinski definition) is 1. The van der Waals surface area contributed by atoms with Crippen LogP contribution in [-0.4, -0.2) is 19.6 Å². The summed E-state index contributed by atoms with van der Waals surface area (Å²) in [5, 5.41) is 12.8. The van der Waals surface area contributed by atoms with E-state index in [1.165, 1.54) is 6.20 Å². The summed E-state index contributed by atoms with van der Waals surface area (Å²) in [4.78, 5) is 10.4. The first-order valence-corrected chi connectivity index (χ1v) is 24.0. The standard InChI is InChI=1S/C66H68N3O.Pt/c1-41-23-25-43(26-24-41)46-31-32-67-57(37-46)48-34-47(35-50(36-48)64(6,7)8)52-21-18-22-58-60(52)68-62(55-38-51(65(9,10)11)39-56(61(55)70)66(12,13)14)69(58)59-40-53(44-19-16-15-17-20-44)42(2)33-54(59)45-27-29-49(30-28-45)63(3,4)5;/h15-33,35-40,70H,1-14H3;/q-1;/i1D3,2D3,23D,24D,25D,26D;. The van der Waals surface area contributed by atoms with E-state index in [9.17, 15) is 5.11 Å². The van der Waals surface area contributed by atoms with E-state index in [-0.39, 0.29) is 48.8 Å². The summed E-state index contributed by atoms with van der Waals surface area (Å²) in [6.45, 7) is 20.1. The second kappa shape index (κ2) is 19.0. The van der Waals surface area contributed by atoms with Crippen molar-refractivity contribution in [3.63, 3.8) is 0 Å². The molecular weight excluding hydrogens is 1050 g/mol. The molecule has 0 aliphatic carbocycles. The van der Waals surface area contributed by atoms with Gasteiger partial charge in [0.1, 0.15) is 11.6 Å². The summed E-state index contributed by atoms with van der Waals surface area (Å²) in [7, 11) is 0. The molecule has 5 heteroatoms. The van der Waals surface area contributed by atoms with Crippen LogP contribution < -0.4 is 0 Å². The minimum absolute atomic E-state index is 0. The van der Waals surface area contributed by atoms with E-state index in [1.54, 1.807) is 18.2 Å². The van der Waals surface area contributed by atoms with Crippen molar-refractivity contribution >= 4 is 11.0 Å². The summed E-state index contributed by atoms with van der Waals surface area (Å²) in [6, 6.07) is 40.4. The summed E-state index contributed by atoms with van der Waals surface area (Å²) in [6.07, 6.45) is 1.53. The molecule has 0 atom stereocenters. The third-order valence-electron chi connectivity index (χ3n) is 13.2. The Kier molecular flexibility index (Phi) is 10.5. The van der Waals surface area contributed by atoms with E-state index < -0.39 is 54.3 Å². The van der Waals surface area contributed by atoms with Crippen molar-refractivity contribution in [2.75, 3.05) is 0 Å². The van der Waals surface area contributed by atoms with Gasteiger partial charge in [-0.3, -0.25) is 9.55 Å². The number of phenols is 1. The van der Waals surface area contributed by atoms with Crippen LogP contribution in [0, 0.1) is 19.8 Å². The van der Waals surface area contributed by atoms with Crippen molar-refractivity contribution in [1.82, 2.24) is 14.5 Å². The van der Waals surface area contributed by atoms with Crippen LogP contribution in [0.3, 0.4) is 0 Å². The Balaban J connectivity index is 0.00000860. The first kappa shape index (κ1) is 39.3. The van der Waals surface area contributed by atoms with Crippen LogP contribution in [0.5, 0.6) is 5.75 Å². The molecule has 0 amide bonds. The molecule has 2 aromatic heterocycles. The minimum atomic E-state index is -2.86. The number of phenolic OH excluding ortho intramolecular Hbond substituents is 1. The number of imidazole rings is 1. The molecule has 0 bridgehead atoms. The summed E-state index contributed by atoms with van der Waals surface area (Å²) < 4.78 is 88.0. The number of aryl methyl sites for hydroxylation is 1. The van der Waals surface area contributed by atoms with Gasteiger partial charge in [-0.2, -0.15) is 0 Å². The molecule has 9 rings (SSSR count). The minimum Gasteiger partial charge on any atom is -0.507 e. The molecule has 7 aromatic carbocycles. The monoisotopic (exact) mass is 1120 g/mol. The number of para-hydroxylation sites is 1. The summed E-state index contributed by atoms with van der Waals surface area (Å²) in [5.41, 5.74) is 9.59. The van der Waals surface area contributed by atoms with Crippen molar-refractivity contribution in [2.45, 2.75) is 118 Å². The molecule has 0 unspecified atom stereocenters. The molecule has 0 spiro atoms. The molecule has 0 fully saturated rings. The number of fused-ring (bicyclic) bond motifs is 1. The van der Waals surface area contributed by atoms with Crippen LogP contribution in [0.2, 0.25) is 0 Å². The average Bonchev–Trinajstić information content (AvgIpc) is 4.03.